The number of carbonyl (C=O) groups excluding carboxylic acids is 2. The van der Waals surface area contributed by atoms with Crippen LogP contribution in [0.15, 0.2) is 88.5 Å². The molecule has 1 aromatic heterocycles. The van der Waals surface area contributed by atoms with Crippen LogP contribution in [-0.4, -0.2) is 51.7 Å². The largest absolute Gasteiger partial charge is 0.505 e. The van der Waals surface area contributed by atoms with Gasteiger partial charge in [-0.2, -0.15) is 0 Å². The van der Waals surface area contributed by atoms with Gasteiger partial charge in [0, 0.05) is 14.1 Å². The lowest BCUT2D eigenvalue weighted by Gasteiger charge is -2.23. The fraction of sp³-hybridized carbons (Fsp3) is 0.250. The summed E-state index contributed by atoms with van der Waals surface area (Å²) in [6.45, 7) is 3.71. The van der Waals surface area contributed by atoms with E-state index in [1.807, 2.05) is 67.6 Å². The van der Waals surface area contributed by atoms with E-state index in [1.54, 1.807) is 27.1 Å². The number of phenolic OH excluding ortho intramolecular Hbond substituents is 1. The molecule has 3 aromatic carbocycles. The summed E-state index contributed by atoms with van der Waals surface area (Å²) in [6.07, 6.45) is 0.303. The normalized spacial score (nSPS) is 12.2. The molecule has 5 N–H and O–H groups in total. The van der Waals surface area contributed by atoms with Gasteiger partial charge in [-0.15, -0.1) is 0 Å². The topological polar surface area (TPSA) is 149 Å². The van der Waals surface area contributed by atoms with Crippen molar-refractivity contribution in [3.05, 3.63) is 116 Å². The van der Waals surface area contributed by atoms with Crippen LogP contribution in [0.4, 0.5) is 17.1 Å². The molecule has 0 fully saturated rings. The molecule has 0 spiro atoms. The SMILES string of the molecule is CC[C@@H](Nc1c(Nc2cccc(C(=O)N(C)C)c2O)c(=O)n(Cc2ccccc2)[nH]c1=O)C(=O)NC(C)c1ccccc1. The van der Waals surface area contributed by atoms with Gasteiger partial charge in [-0.05, 0) is 36.6 Å². The number of rotatable bonds is 11. The molecule has 43 heavy (non-hydrogen) atoms. The second kappa shape index (κ2) is 13.6. The Kier molecular flexibility index (Phi) is 9.66. The van der Waals surface area contributed by atoms with Crippen molar-refractivity contribution in [2.24, 2.45) is 0 Å². The van der Waals surface area contributed by atoms with E-state index in [1.165, 1.54) is 17.0 Å². The highest BCUT2D eigenvalue weighted by atomic mass is 16.3. The maximum atomic E-state index is 13.8. The molecule has 0 aliphatic heterocycles. The lowest BCUT2D eigenvalue weighted by atomic mass is 10.1. The number of H-pyrrole nitrogens is 1. The molecule has 2 atom stereocenters. The number of nitrogens with one attached hydrogen (secondary N) is 4. The van der Waals surface area contributed by atoms with Crippen molar-refractivity contribution in [2.75, 3.05) is 24.7 Å². The number of nitrogens with zero attached hydrogens (tertiary/aromatic N) is 2. The molecule has 0 bridgehead atoms. The lowest BCUT2D eigenvalue weighted by molar-refractivity contribution is -0.122. The Morgan fingerprint density at radius 2 is 1.58 bits per heavy atom. The zero-order chi connectivity index (χ0) is 31.1. The smallest absolute Gasteiger partial charge is 0.291 e. The molecule has 224 valence electrons. The highest BCUT2D eigenvalue weighted by Crippen LogP contribution is 2.31. The molecular formula is C32H36N6O5. The number of benzene rings is 3. The third-order valence-corrected chi connectivity index (χ3v) is 6.99. The second-order valence-corrected chi connectivity index (χ2v) is 10.3. The maximum Gasteiger partial charge on any atom is 0.291 e. The molecule has 0 radical (unpaired) electrons. The van der Waals surface area contributed by atoms with Gasteiger partial charge in [-0.25, -0.2) is 4.68 Å². The first-order chi connectivity index (χ1) is 20.6. The van der Waals surface area contributed by atoms with E-state index < -0.39 is 23.1 Å². The molecule has 0 aliphatic rings. The van der Waals surface area contributed by atoms with Gasteiger partial charge in [0.15, 0.2) is 5.75 Å². The van der Waals surface area contributed by atoms with Crippen LogP contribution in [-0.2, 0) is 11.3 Å². The Hall–Kier alpha value is -5.32. The van der Waals surface area contributed by atoms with Gasteiger partial charge in [0.1, 0.15) is 17.4 Å². The summed E-state index contributed by atoms with van der Waals surface area (Å²) in [7, 11) is 3.11. The minimum atomic E-state index is -0.868. The van der Waals surface area contributed by atoms with Crippen LogP contribution in [0.5, 0.6) is 5.75 Å². The number of phenols is 1. The van der Waals surface area contributed by atoms with Crippen LogP contribution in [0, 0.1) is 0 Å². The monoisotopic (exact) mass is 584 g/mol. The van der Waals surface area contributed by atoms with Gasteiger partial charge in [-0.1, -0.05) is 73.7 Å². The van der Waals surface area contributed by atoms with Gasteiger partial charge in [0.25, 0.3) is 17.0 Å². The molecular weight excluding hydrogens is 548 g/mol. The van der Waals surface area contributed by atoms with Crippen LogP contribution in [0.1, 0.15) is 47.8 Å². The number of hydrogen-bond donors (Lipinski definition) is 5. The number of aromatic hydroxyl groups is 1. The summed E-state index contributed by atoms with van der Waals surface area (Å²) in [5.74, 6) is -1.19. The molecule has 1 heterocycles. The van der Waals surface area contributed by atoms with Crippen LogP contribution >= 0.6 is 0 Å². The van der Waals surface area contributed by atoms with E-state index in [2.05, 4.69) is 21.0 Å². The summed E-state index contributed by atoms with van der Waals surface area (Å²) >= 11 is 0. The van der Waals surface area contributed by atoms with Crippen molar-refractivity contribution >= 4 is 28.9 Å². The second-order valence-electron chi connectivity index (χ2n) is 10.3. The molecule has 0 saturated heterocycles. The molecule has 4 aromatic rings. The van der Waals surface area contributed by atoms with Gasteiger partial charge in [-0.3, -0.25) is 24.3 Å². The van der Waals surface area contributed by atoms with E-state index in [0.717, 1.165) is 15.8 Å². The number of amides is 2. The van der Waals surface area contributed by atoms with E-state index >= 15 is 0 Å². The first-order valence-electron chi connectivity index (χ1n) is 13.9. The van der Waals surface area contributed by atoms with Crippen LogP contribution in [0.25, 0.3) is 0 Å². The van der Waals surface area contributed by atoms with Crippen LogP contribution < -0.4 is 27.1 Å². The van der Waals surface area contributed by atoms with Crippen molar-refractivity contribution < 1.29 is 14.7 Å². The van der Waals surface area contributed by atoms with E-state index in [-0.39, 0.29) is 46.9 Å². The fourth-order valence-electron chi connectivity index (χ4n) is 4.57. The first-order valence-corrected chi connectivity index (χ1v) is 13.9. The molecule has 0 saturated carbocycles. The number of hydrogen-bond acceptors (Lipinski definition) is 7. The van der Waals surface area contributed by atoms with Crippen molar-refractivity contribution in [1.82, 2.24) is 20.0 Å². The standard InChI is InChI=1S/C32H36N6O5/c1-5-24(29(40)33-20(2)22-15-10-7-11-16-22)34-26-27(35-25-18-12-17-23(28(25)39)31(42)37(3)4)32(43)38(36-30(26)41)19-21-13-8-6-9-14-21/h6-18,20,24,34-35,39H,5,19H2,1-4H3,(H,33,40)(H,36,41)/t20?,24-/m1/s1. The Bertz CT molecular complexity index is 1700. The summed E-state index contributed by atoms with van der Waals surface area (Å²) in [5, 5.41) is 22.4. The quantitative estimate of drug-likeness (QED) is 0.168. The Morgan fingerprint density at radius 3 is 2.21 bits per heavy atom. The van der Waals surface area contributed by atoms with Gasteiger partial charge >= 0.3 is 0 Å². The number of carbonyl (C=O) groups is 2. The number of anilines is 3. The van der Waals surface area contributed by atoms with Gasteiger partial charge < -0.3 is 26.0 Å². The highest BCUT2D eigenvalue weighted by molar-refractivity contribution is 5.99. The van der Waals surface area contributed by atoms with Gasteiger partial charge in [0.05, 0.1) is 23.8 Å². The first kappa shape index (κ1) is 30.6. The average molecular weight is 585 g/mol. The zero-order valence-corrected chi connectivity index (χ0v) is 24.5. The summed E-state index contributed by atoms with van der Waals surface area (Å²) in [5.41, 5.74) is 0.118. The molecule has 1 unspecified atom stereocenters. The van der Waals surface area contributed by atoms with E-state index in [4.69, 9.17) is 0 Å². The third-order valence-electron chi connectivity index (χ3n) is 6.99. The Labute approximate surface area is 249 Å². The van der Waals surface area contributed by atoms with Gasteiger partial charge in [0.2, 0.25) is 5.91 Å². The van der Waals surface area contributed by atoms with Crippen LogP contribution in [0.3, 0.4) is 0 Å². The lowest BCUT2D eigenvalue weighted by Crippen LogP contribution is -2.43. The minimum absolute atomic E-state index is 0.0136. The molecule has 11 nitrogen and oxygen atoms in total. The van der Waals surface area contributed by atoms with Crippen molar-refractivity contribution in [3.8, 4) is 5.75 Å². The number of aromatic nitrogens is 2. The van der Waals surface area contributed by atoms with Crippen molar-refractivity contribution in [1.29, 1.82) is 0 Å². The molecule has 0 aliphatic carbocycles. The summed E-state index contributed by atoms with van der Waals surface area (Å²) in [4.78, 5) is 54.6. The number of para-hydroxylation sites is 1. The Balaban J connectivity index is 1.74. The molecule has 11 heteroatoms. The fourth-order valence-corrected chi connectivity index (χ4v) is 4.57. The Morgan fingerprint density at radius 1 is 0.930 bits per heavy atom. The van der Waals surface area contributed by atoms with Crippen molar-refractivity contribution in [2.45, 2.75) is 38.9 Å². The maximum absolute atomic E-state index is 13.8. The van der Waals surface area contributed by atoms with Crippen molar-refractivity contribution in [3.63, 3.8) is 0 Å². The van der Waals surface area contributed by atoms with E-state index in [0.29, 0.717) is 6.42 Å². The number of aromatic amines is 1. The summed E-state index contributed by atoms with van der Waals surface area (Å²) in [6, 6.07) is 21.9. The third kappa shape index (κ3) is 7.13. The van der Waals surface area contributed by atoms with Crippen LogP contribution in [0.2, 0.25) is 0 Å². The summed E-state index contributed by atoms with van der Waals surface area (Å²) < 4.78 is 1.15. The molecule has 2 amide bonds. The predicted molar refractivity (Wildman–Crippen MR) is 167 cm³/mol. The predicted octanol–water partition coefficient (Wildman–Crippen LogP) is 3.80. The molecule has 4 rings (SSSR count). The van der Waals surface area contributed by atoms with E-state index in [9.17, 15) is 24.3 Å². The zero-order valence-electron chi connectivity index (χ0n) is 24.5. The highest BCUT2D eigenvalue weighted by Gasteiger charge is 2.25. The average Bonchev–Trinajstić information content (AvgIpc) is 3.00. The minimum Gasteiger partial charge on any atom is -0.505 e.